The molecule has 0 aromatic rings. The van der Waals surface area contributed by atoms with Gasteiger partial charge in [-0.2, -0.15) is 0 Å². The second kappa shape index (κ2) is 74.9. The van der Waals surface area contributed by atoms with Crippen LogP contribution in [0.15, 0.2) is 48.6 Å². The molecule has 0 bridgehead atoms. The Labute approximate surface area is 623 Å². The van der Waals surface area contributed by atoms with E-state index in [9.17, 15) is 43.2 Å². The quantitative estimate of drug-likeness (QED) is 0.0169. The van der Waals surface area contributed by atoms with E-state index in [1.807, 2.05) is 0 Å². The van der Waals surface area contributed by atoms with Crippen molar-refractivity contribution < 1.29 is 80.2 Å². The number of esters is 4. The van der Waals surface area contributed by atoms with Crippen LogP contribution in [0.3, 0.4) is 0 Å². The van der Waals surface area contributed by atoms with Gasteiger partial charge in [0.05, 0.1) is 26.4 Å². The maximum atomic E-state index is 13.1. The van der Waals surface area contributed by atoms with Gasteiger partial charge in [0.25, 0.3) is 0 Å². The van der Waals surface area contributed by atoms with Crippen LogP contribution in [-0.4, -0.2) is 96.7 Å². The Kier molecular flexibility index (Phi) is 72.7. The summed E-state index contributed by atoms with van der Waals surface area (Å²) in [4.78, 5) is 73.0. The minimum atomic E-state index is -4.97. The molecule has 102 heavy (non-hydrogen) atoms. The Hall–Kier alpha value is -2.98. The number of rotatable bonds is 79. The van der Waals surface area contributed by atoms with E-state index in [1.165, 1.54) is 180 Å². The summed E-state index contributed by atoms with van der Waals surface area (Å²) >= 11 is 0. The molecular formula is C83H154O17P2. The van der Waals surface area contributed by atoms with E-state index in [0.717, 1.165) is 134 Å². The molecule has 0 aliphatic carbocycles. The number of aliphatic hydroxyl groups excluding tert-OH is 1. The number of hydrogen-bond acceptors (Lipinski definition) is 15. The number of phosphoric ester groups is 2. The number of carbonyl (C=O) groups is 4. The fraction of sp³-hybridized carbons (Fsp3) is 0.855. The number of hydrogen-bond donors (Lipinski definition) is 3. The van der Waals surface area contributed by atoms with E-state index in [2.05, 4.69) is 83.2 Å². The highest BCUT2D eigenvalue weighted by Crippen LogP contribution is 2.45. The van der Waals surface area contributed by atoms with Crippen LogP contribution in [0.2, 0.25) is 0 Å². The lowest BCUT2D eigenvalue weighted by atomic mass is 10.0. The molecule has 3 N–H and O–H groups in total. The molecule has 2 unspecified atom stereocenters. The van der Waals surface area contributed by atoms with Crippen LogP contribution in [-0.2, 0) is 65.4 Å². The van der Waals surface area contributed by atoms with Crippen LogP contribution in [0.25, 0.3) is 0 Å². The minimum Gasteiger partial charge on any atom is -0.462 e. The van der Waals surface area contributed by atoms with Crippen LogP contribution >= 0.6 is 15.6 Å². The lowest BCUT2D eigenvalue weighted by Crippen LogP contribution is -2.30. The van der Waals surface area contributed by atoms with Gasteiger partial charge in [0.1, 0.15) is 19.3 Å². The number of phosphoric acid groups is 2. The zero-order chi connectivity index (χ0) is 74.8. The standard InChI is InChI=1S/C83H154O17P2/c1-6-9-12-15-18-21-24-27-30-31-32-33-34-35-38-41-44-47-54-59-64-69-82(87)99-78(72-93-80(85)66-61-56-51-45-42-39-36-28-25-22-19-16-13-10-7-2)74-97-101(89,90)95-70-77(84)71-96-102(91,92)98-75-79(73-94-81(86)67-62-57-52-49-48-50-55-60-65-76(4)5)100-83(88)68-63-58-53-46-43-40-37-29-26-23-20-17-14-11-8-3/h22-23,25-26,28-29,36-37,76-79,84H,6-21,24,27,30-35,38-75H2,1-5H3,(H,89,90)(H,91,92)/b25-22-,26-23-,36-28-,37-29-/t77-,78-,79-/m1/s1. The summed E-state index contributed by atoms with van der Waals surface area (Å²) < 4.78 is 68.7. The third-order valence-electron chi connectivity index (χ3n) is 18.3. The van der Waals surface area contributed by atoms with Gasteiger partial charge < -0.3 is 33.8 Å². The molecule has 0 saturated carbocycles. The topological polar surface area (TPSA) is 237 Å². The molecular weight excluding hydrogens is 1330 g/mol. The van der Waals surface area contributed by atoms with E-state index in [4.69, 9.17) is 37.0 Å². The van der Waals surface area contributed by atoms with Gasteiger partial charge in [-0.15, -0.1) is 0 Å². The molecule has 0 spiro atoms. The Morgan fingerprint density at radius 3 is 0.804 bits per heavy atom. The van der Waals surface area contributed by atoms with E-state index >= 15 is 0 Å². The van der Waals surface area contributed by atoms with E-state index < -0.39 is 97.5 Å². The monoisotopic (exact) mass is 1490 g/mol. The zero-order valence-electron chi connectivity index (χ0n) is 65.7. The van der Waals surface area contributed by atoms with Crippen LogP contribution in [0.4, 0.5) is 0 Å². The average Bonchev–Trinajstić information content (AvgIpc) is 0.930. The summed E-state index contributed by atoms with van der Waals surface area (Å²) in [7, 11) is -9.95. The van der Waals surface area contributed by atoms with Crippen LogP contribution in [0.1, 0.15) is 394 Å². The molecule has 598 valence electrons. The third kappa shape index (κ3) is 75.3. The summed E-state index contributed by atoms with van der Waals surface area (Å²) in [5, 5.41) is 10.6. The first-order chi connectivity index (χ1) is 49.5. The number of unbranched alkanes of at least 4 members (excludes halogenated alkanes) is 45. The largest absolute Gasteiger partial charge is 0.472 e. The van der Waals surface area contributed by atoms with Crippen LogP contribution in [0, 0.1) is 5.92 Å². The molecule has 0 aromatic carbocycles. The number of carbonyl (C=O) groups excluding carboxylic acids is 4. The van der Waals surface area contributed by atoms with Crippen LogP contribution in [0.5, 0.6) is 0 Å². The SMILES string of the molecule is CCCCCC/C=C\C=C/CCCCCCCC(=O)OC[C@H](COP(=O)(O)OC[C@@H](O)COP(=O)(O)OC[C@@H](COC(=O)CCCCCCCCCCC(C)C)OC(=O)CCCCCCC/C=C\C=C/CCCCCC)OC(=O)CCCCCCCCCCCCCCCCCCCCCCC. The zero-order valence-corrected chi connectivity index (χ0v) is 67.5. The molecule has 0 heterocycles. The molecule has 0 fully saturated rings. The van der Waals surface area contributed by atoms with Crippen LogP contribution < -0.4 is 0 Å². The second-order valence-electron chi connectivity index (χ2n) is 29.0. The molecule has 5 atom stereocenters. The summed E-state index contributed by atoms with van der Waals surface area (Å²) in [5.74, 6) is -1.45. The lowest BCUT2D eigenvalue weighted by Gasteiger charge is -2.21. The lowest BCUT2D eigenvalue weighted by molar-refractivity contribution is -0.161. The van der Waals surface area contributed by atoms with Gasteiger partial charge >= 0.3 is 39.5 Å². The van der Waals surface area contributed by atoms with Crippen molar-refractivity contribution in [2.24, 2.45) is 5.92 Å². The van der Waals surface area contributed by atoms with Crippen molar-refractivity contribution >= 4 is 39.5 Å². The highest BCUT2D eigenvalue weighted by Gasteiger charge is 2.30. The first kappa shape index (κ1) is 99.0. The summed E-state index contributed by atoms with van der Waals surface area (Å²) in [6.07, 6.45) is 72.5. The molecule has 0 saturated heterocycles. The van der Waals surface area contributed by atoms with Gasteiger partial charge in [-0.05, 0) is 83.0 Å². The Bertz CT molecular complexity index is 2130. The molecule has 0 aliphatic heterocycles. The Balaban J connectivity index is 5.29. The second-order valence-corrected chi connectivity index (χ2v) is 31.9. The van der Waals surface area contributed by atoms with Gasteiger partial charge in [-0.1, -0.05) is 340 Å². The molecule has 17 nitrogen and oxygen atoms in total. The molecule has 0 rings (SSSR count). The van der Waals surface area contributed by atoms with E-state index in [1.54, 1.807) is 0 Å². The van der Waals surface area contributed by atoms with Crippen molar-refractivity contribution in [1.82, 2.24) is 0 Å². The van der Waals surface area contributed by atoms with Crippen molar-refractivity contribution in [2.45, 2.75) is 412 Å². The van der Waals surface area contributed by atoms with Crippen molar-refractivity contribution in [2.75, 3.05) is 39.6 Å². The Morgan fingerprint density at radius 1 is 0.304 bits per heavy atom. The van der Waals surface area contributed by atoms with Gasteiger partial charge in [-0.3, -0.25) is 37.3 Å². The van der Waals surface area contributed by atoms with E-state index in [0.29, 0.717) is 25.7 Å². The predicted molar refractivity (Wildman–Crippen MR) is 418 cm³/mol. The van der Waals surface area contributed by atoms with E-state index in [-0.39, 0.29) is 25.7 Å². The summed E-state index contributed by atoms with van der Waals surface area (Å²) in [6.45, 7) is 7.16. The smallest absolute Gasteiger partial charge is 0.462 e. The van der Waals surface area contributed by atoms with Gasteiger partial charge in [0.2, 0.25) is 0 Å². The number of ether oxygens (including phenoxy) is 4. The van der Waals surface area contributed by atoms with Crippen molar-refractivity contribution in [3.63, 3.8) is 0 Å². The number of allylic oxidation sites excluding steroid dienone is 8. The molecule has 0 amide bonds. The molecule has 19 heteroatoms. The van der Waals surface area contributed by atoms with Crippen molar-refractivity contribution in [3.8, 4) is 0 Å². The third-order valence-corrected chi connectivity index (χ3v) is 20.2. The summed E-state index contributed by atoms with van der Waals surface area (Å²) in [6, 6.07) is 0. The number of aliphatic hydroxyl groups is 1. The first-order valence-electron chi connectivity index (χ1n) is 41.8. The van der Waals surface area contributed by atoms with Gasteiger partial charge in [-0.25, -0.2) is 9.13 Å². The molecule has 0 radical (unpaired) electrons. The van der Waals surface area contributed by atoms with Gasteiger partial charge in [0.15, 0.2) is 12.2 Å². The fourth-order valence-electron chi connectivity index (χ4n) is 11.9. The maximum Gasteiger partial charge on any atom is 0.472 e. The molecule has 0 aliphatic rings. The normalized spacial score (nSPS) is 14.1. The highest BCUT2D eigenvalue weighted by molar-refractivity contribution is 7.47. The van der Waals surface area contributed by atoms with Gasteiger partial charge in [0, 0.05) is 25.7 Å². The summed E-state index contributed by atoms with van der Waals surface area (Å²) in [5.41, 5.74) is 0. The maximum absolute atomic E-state index is 13.1. The minimum absolute atomic E-state index is 0.0824. The van der Waals surface area contributed by atoms with Crippen molar-refractivity contribution in [1.29, 1.82) is 0 Å². The highest BCUT2D eigenvalue weighted by atomic mass is 31.2. The Morgan fingerprint density at radius 2 is 0.529 bits per heavy atom. The first-order valence-corrected chi connectivity index (χ1v) is 44.8. The van der Waals surface area contributed by atoms with Crippen molar-refractivity contribution in [3.05, 3.63) is 48.6 Å². The average molecular weight is 1490 g/mol. The fourth-order valence-corrected chi connectivity index (χ4v) is 13.4. The predicted octanol–water partition coefficient (Wildman–Crippen LogP) is 24.3. The molecule has 0 aromatic heterocycles.